The van der Waals surface area contributed by atoms with E-state index >= 15 is 0 Å². The number of rotatable bonds is 5. The summed E-state index contributed by atoms with van der Waals surface area (Å²) < 4.78 is 18.8. The summed E-state index contributed by atoms with van der Waals surface area (Å²) in [5, 5.41) is 0. The number of carbonyl (C=O) groups is 1. The zero-order valence-electron chi connectivity index (χ0n) is 16.0. The summed E-state index contributed by atoms with van der Waals surface area (Å²) >= 11 is 0. The number of piperidine rings is 1. The first kappa shape index (κ1) is 19.0. The normalized spacial score (nSPS) is 19.9. The van der Waals surface area contributed by atoms with Gasteiger partial charge in [0, 0.05) is 31.5 Å². The van der Waals surface area contributed by atoms with Gasteiger partial charge in [-0.25, -0.2) is 4.39 Å². The van der Waals surface area contributed by atoms with Crippen molar-refractivity contribution >= 4 is 11.6 Å². The van der Waals surface area contributed by atoms with Crippen molar-refractivity contribution in [1.29, 1.82) is 0 Å². The van der Waals surface area contributed by atoms with Crippen molar-refractivity contribution in [2.45, 2.75) is 31.5 Å². The third kappa shape index (κ3) is 4.23. The molecule has 0 unspecified atom stereocenters. The number of halogens is 1. The van der Waals surface area contributed by atoms with Gasteiger partial charge in [-0.15, -0.1) is 0 Å². The first-order chi connectivity index (χ1) is 13.7. The summed E-state index contributed by atoms with van der Waals surface area (Å²) in [5.74, 6) is 0.0283. The number of benzene rings is 1. The second-order valence-corrected chi connectivity index (χ2v) is 7.67. The number of anilines is 1. The third-order valence-electron chi connectivity index (χ3n) is 5.82. The lowest BCUT2D eigenvalue weighted by atomic mass is 9.89. The Hall–Kier alpha value is -2.31. The average Bonchev–Trinajstić information content (AvgIpc) is 2.76. The van der Waals surface area contributed by atoms with Crippen molar-refractivity contribution in [1.82, 2.24) is 9.88 Å². The molecule has 0 N–H and O–H groups in total. The number of para-hydroxylation sites is 1. The van der Waals surface area contributed by atoms with Gasteiger partial charge in [0.1, 0.15) is 13.3 Å². The van der Waals surface area contributed by atoms with E-state index in [0.717, 1.165) is 50.1 Å². The van der Waals surface area contributed by atoms with Gasteiger partial charge in [0.15, 0.2) is 0 Å². The Morgan fingerprint density at radius 1 is 1.14 bits per heavy atom. The molecule has 6 heteroatoms. The Labute approximate surface area is 165 Å². The Kier molecular flexibility index (Phi) is 5.69. The van der Waals surface area contributed by atoms with Gasteiger partial charge in [-0.2, -0.15) is 0 Å². The van der Waals surface area contributed by atoms with Crippen LogP contribution in [0, 0.1) is 0 Å². The molecular formula is C22H26FN3O2. The molecule has 3 heterocycles. The fourth-order valence-corrected chi connectivity index (χ4v) is 4.09. The van der Waals surface area contributed by atoms with E-state index in [1.54, 1.807) is 6.20 Å². The lowest BCUT2D eigenvalue weighted by molar-refractivity contribution is -0.144. The molecule has 0 atom stereocenters. The standard InChI is InChI=1S/C22H26FN3O2/c23-15-19-14-18(6-10-24-19)7-11-25-12-8-22(9-13-25)17-26(21(27)16-28-22)20-4-2-1-3-5-20/h1-6,10,14H,7-9,11-13,15-17H2. The summed E-state index contributed by atoms with van der Waals surface area (Å²) in [6.45, 7) is 3.07. The highest BCUT2D eigenvalue weighted by atomic mass is 19.1. The minimum atomic E-state index is -0.520. The van der Waals surface area contributed by atoms with Crippen LogP contribution in [0.15, 0.2) is 48.7 Å². The Bertz CT molecular complexity index is 806. The summed E-state index contributed by atoms with van der Waals surface area (Å²) in [5.41, 5.74) is 2.31. The smallest absolute Gasteiger partial charge is 0.253 e. The third-order valence-corrected chi connectivity index (χ3v) is 5.82. The van der Waals surface area contributed by atoms with Crippen LogP contribution in [0.5, 0.6) is 0 Å². The lowest BCUT2D eigenvalue weighted by Crippen LogP contribution is -2.59. The Morgan fingerprint density at radius 3 is 2.68 bits per heavy atom. The van der Waals surface area contributed by atoms with E-state index < -0.39 is 6.67 Å². The SMILES string of the molecule is O=C1COC2(CCN(CCc3ccnc(CF)c3)CC2)CN1c1ccccc1. The number of pyridine rings is 1. The molecule has 2 aliphatic rings. The molecule has 0 bridgehead atoms. The Morgan fingerprint density at radius 2 is 1.93 bits per heavy atom. The molecule has 2 saturated heterocycles. The van der Waals surface area contributed by atoms with Crippen molar-refractivity contribution in [3.63, 3.8) is 0 Å². The van der Waals surface area contributed by atoms with E-state index in [1.807, 2.05) is 47.4 Å². The average molecular weight is 383 g/mol. The molecule has 1 aromatic carbocycles. The number of morpholine rings is 1. The van der Waals surface area contributed by atoms with Crippen molar-refractivity contribution < 1.29 is 13.9 Å². The number of carbonyl (C=O) groups excluding carboxylic acids is 1. The van der Waals surface area contributed by atoms with Gasteiger partial charge in [-0.3, -0.25) is 9.78 Å². The number of likely N-dealkylation sites (tertiary alicyclic amines) is 1. The van der Waals surface area contributed by atoms with Crippen LogP contribution in [0.1, 0.15) is 24.1 Å². The van der Waals surface area contributed by atoms with Gasteiger partial charge in [-0.1, -0.05) is 18.2 Å². The molecule has 0 saturated carbocycles. The number of amides is 1. The predicted octanol–water partition coefficient (Wildman–Crippen LogP) is 2.99. The zero-order chi connectivity index (χ0) is 19.4. The second-order valence-electron chi connectivity index (χ2n) is 7.67. The van der Waals surface area contributed by atoms with E-state index in [1.165, 1.54) is 0 Å². The number of ether oxygens (including phenoxy) is 1. The fourth-order valence-electron chi connectivity index (χ4n) is 4.09. The van der Waals surface area contributed by atoms with Crippen LogP contribution in [-0.4, -0.2) is 54.2 Å². The van der Waals surface area contributed by atoms with E-state index in [4.69, 9.17) is 4.74 Å². The lowest BCUT2D eigenvalue weighted by Gasteiger charge is -2.47. The number of alkyl halides is 1. The molecule has 1 aromatic heterocycles. The van der Waals surface area contributed by atoms with Gasteiger partial charge in [-0.05, 0) is 49.1 Å². The largest absolute Gasteiger partial charge is 0.363 e. The van der Waals surface area contributed by atoms with E-state index in [-0.39, 0.29) is 18.1 Å². The van der Waals surface area contributed by atoms with Crippen LogP contribution in [0.25, 0.3) is 0 Å². The van der Waals surface area contributed by atoms with Crippen LogP contribution in [-0.2, 0) is 22.6 Å². The van der Waals surface area contributed by atoms with Gasteiger partial charge < -0.3 is 14.5 Å². The maximum atomic E-state index is 12.8. The van der Waals surface area contributed by atoms with E-state index in [0.29, 0.717) is 12.2 Å². The maximum absolute atomic E-state index is 12.8. The van der Waals surface area contributed by atoms with Crippen molar-refractivity contribution in [2.75, 3.05) is 37.7 Å². The molecule has 2 aromatic rings. The molecule has 28 heavy (non-hydrogen) atoms. The summed E-state index contributed by atoms with van der Waals surface area (Å²) in [6.07, 6.45) is 4.39. The fraction of sp³-hybridized carbons (Fsp3) is 0.455. The maximum Gasteiger partial charge on any atom is 0.253 e. The first-order valence-corrected chi connectivity index (χ1v) is 9.89. The molecule has 0 aliphatic carbocycles. The van der Waals surface area contributed by atoms with Crippen LogP contribution >= 0.6 is 0 Å². The van der Waals surface area contributed by atoms with Gasteiger partial charge in [0.2, 0.25) is 0 Å². The quantitative estimate of drug-likeness (QED) is 0.796. The minimum absolute atomic E-state index is 0.0283. The summed E-state index contributed by atoms with van der Waals surface area (Å²) in [7, 11) is 0. The zero-order valence-corrected chi connectivity index (χ0v) is 16.0. The molecule has 2 aliphatic heterocycles. The monoisotopic (exact) mass is 383 g/mol. The highest BCUT2D eigenvalue weighted by Crippen LogP contribution is 2.32. The summed E-state index contributed by atoms with van der Waals surface area (Å²) in [6, 6.07) is 13.6. The molecule has 4 rings (SSSR count). The highest BCUT2D eigenvalue weighted by molar-refractivity contribution is 5.95. The van der Waals surface area contributed by atoms with Gasteiger partial charge in [0.05, 0.1) is 17.8 Å². The van der Waals surface area contributed by atoms with Crippen molar-refractivity contribution in [3.05, 3.63) is 59.9 Å². The first-order valence-electron chi connectivity index (χ1n) is 9.89. The number of hydrogen-bond donors (Lipinski definition) is 0. The van der Waals surface area contributed by atoms with Crippen LogP contribution in [0.3, 0.4) is 0 Å². The molecule has 148 valence electrons. The molecule has 2 fully saturated rings. The molecule has 5 nitrogen and oxygen atoms in total. The highest BCUT2D eigenvalue weighted by Gasteiger charge is 2.42. The van der Waals surface area contributed by atoms with Gasteiger partial charge >= 0.3 is 0 Å². The molecule has 1 spiro atoms. The van der Waals surface area contributed by atoms with Crippen molar-refractivity contribution in [2.24, 2.45) is 0 Å². The topological polar surface area (TPSA) is 45.7 Å². The number of hydrogen-bond acceptors (Lipinski definition) is 4. The van der Waals surface area contributed by atoms with Crippen LogP contribution in [0.4, 0.5) is 10.1 Å². The predicted molar refractivity (Wildman–Crippen MR) is 106 cm³/mol. The summed E-state index contributed by atoms with van der Waals surface area (Å²) in [4.78, 5) is 20.7. The second kappa shape index (κ2) is 8.37. The Balaban J connectivity index is 1.33. The van der Waals surface area contributed by atoms with Crippen LogP contribution < -0.4 is 4.90 Å². The van der Waals surface area contributed by atoms with E-state index in [9.17, 15) is 9.18 Å². The minimum Gasteiger partial charge on any atom is -0.363 e. The van der Waals surface area contributed by atoms with Gasteiger partial charge in [0.25, 0.3) is 5.91 Å². The van der Waals surface area contributed by atoms with Crippen LogP contribution in [0.2, 0.25) is 0 Å². The molecule has 1 amide bonds. The molecular weight excluding hydrogens is 357 g/mol. The number of aromatic nitrogens is 1. The number of nitrogens with zero attached hydrogens (tertiary/aromatic N) is 3. The molecule has 0 radical (unpaired) electrons. The van der Waals surface area contributed by atoms with Crippen molar-refractivity contribution in [3.8, 4) is 0 Å². The van der Waals surface area contributed by atoms with E-state index in [2.05, 4.69) is 9.88 Å².